The van der Waals surface area contributed by atoms with Crippen LogP contribution in [0, 0.1) is 0 Å². The standard InChI is InChI=1S/C22H23Cl3N6O3.C17H15Cl3N6O/c1-22(2,3)34-21(32)30-10-14-16(11-30)28-20(26)29-19(14)18-15(25)6-12(23)7-17(18)33-5-4-31-9-13(24)8-27-31;18-9-3-12(20)15(16-11-6-22-7-13(11)24-17(21)25-16)14(4-9)27-2-1-26-8-10(19)5-23-26/h6-9H,4-5,10-11H2,1-3H3,(H2,26,28,29);3-5,8,22H,1-2,6-7H2,(H2,21,24,25). The van der Waals surface area contributed by atoms with Gasteiger partial charge in [-0.3, -0.25) is 14.3 Å². The molecule has 0 radical (unpaired) electrons. The van der Waals surface area contributed by atoms with E-state index >= 15 is 0 Å². The SMILES string of the molecule is CC(C)(C)OC(=O)N1Cc2nc(N)nc(-c3c(Cl)cc(Cl)cc3OCCn3cc(Cl)cn3)c2C1.Nc1nc2c(c(-c3c(Cl)cc(Cl)cc3OCCn3cc(Cl)cn3)n1)CNC2. The molecule has 0 saturated carbocycles. The summed E-state index contributed by atoms with van der Waals surface area (Å²) < 4.78 is 20.9. The lowest BCUT2D eigenvalue weighted by Crippen LogP contribution is -2.33. The maximum Gasteiger partial charge on any atom is 0.410 e. The van der Waals surface area contributed by atoms with Crippen molar-refractivity contribution in [3.8, 4) is 34.0 Å². The molecular weight excluding hydrogens is 913 g/mol. The zero-order valence-electron chi connectivity index (χ0n) is 32.9. The third-order valence-electron chi connectivity index (χ3n) is 9.03. The van der Waals surface area contributed by atoms with E-state index in [1.165, 1.54) is 0 Å². The molecule has 61 heavy (non-hydrogen) atoms. The van der Waals surface area contributed by atoms with Gasteiger partial charge in [-0.05, 0) is 45.0 Å². The van der Waals surface area contributed by atoms with Gasteiger partial charge in [0.2, 0.25) is 11.9 Å². The summed E-state index contributed by atoms with van der Waals surface area (Å²) in [7, 11) is 0. The fourth-order valence-corrected chi connectivity index (χ4v) is 7.98. The Morgan fingerprint density at radius 1 is 0.689 bits per heavy atom. The molecule has 320 valence electrons. The fourth-order valence-electron chi connectivity index (χ4n) is 6.54. The number of nitrogens with zero attached hydrogens (tertiary/aromatic N) is 9. The summed E-state index contributed by atoms with van der Waals surface area (Å²) in [6.45, 7) is 8.77. The molecule has 2 aromatic carbocycles. The Morgan fingerprint density at radius 3 is 1.69 bits per heavy atom. The zero-order valence-corrected chi connectivity index (χ0v) is 37.4. The molecule has 0 saturated heterocycles. The van der Waals surface area contributed by atoms with E-state index in [1.54, 1.807) is 63.3 Å². The lowest BCUT2D eigenvalue weighted by atomic mass is 10.0. The van der Waals surface area contributed by atoms with Crippen molar-refractivity contribution in [1.82, 2.24) is 49.7 Å². The third-order valence-corrected chi connectivity index (χ3v) is 10.4. The largest absolute Gasteiger partial charge is 0.491 e. The van der Waals surface area contributed by atoms with Crippen LogP contribution in [0.5, 0.6) is 11.5 Å². The van der Waals surface area contributed by atoms with Gasteiger partial charge in [0, 0.05) is 46.7 Å². The number of carbonyl (C=O) groups is 1. The van der Waals surface area contributed by atoms with Crippen molar-refractivity contribution in [2.45, 2.75) is 65.6 Å². The van der Waals surface area contributed by atoms with E-state index in [2.05, 4.69) is 35.5 Å². The predicted molar refractivity (Wildman–Crippen MR) is 235 cm³/mol. The number of aromatic nitrogens is 8. The highest BCUT2D eigenvalue weighted by molar-refractivity contribution is 6.37. The molecule has 0 aliphatic carbocycles. The highest BCUT2D eigenvalue weighted by Crippen LogP contribution is 2.43. The average molecular weight is 952 g/mol. The number of carbonyl (C=O) groups excluding carboxylic acids is 1. The van der Waals surface area contributed by atoms with Gasteiger partial charge in [0.05, 0.1) is 92.6 Å². The highest BCUT2D eigenvalue weighted by Gasteiger charge is 2.33. The van der Waals surface area contributed by atoms with E-state index in [4.69, 9.17) is 95.3 Å². The van der Waals surface area contributed by atoms with Crippen LogP contribution in [0.25, 0.3) is 22.5 Å². The van der Waals surface area contributed by atoms with Crippen molar-refractivity contribution < 1.29 is 19.0 Å². The summed E-state index contributed by atoms with van der Waals surface area (Å²) >= 11 is 37.4. The molecule has 6 heterocycles. The number of rotatable bonds is 10. The van der Waals surface area contributed by atoms with Crippen LogP contribution in [-0.4, -0.2) is 69.3 Å². The second-order valence-electron chi connectivity index (χ2n) is 14.7. The minimum absolute atomic E-state index is 0.0583. The van der Waals surface area contributed by atoms with Crippen molar-refractivity contribution in [2.24, 2.45) is 0 Å². The number of ether oxygens (including phenoxy) is 3. The van der Waals surface area contributed by atoms with Crippen molar-refractivity contribution in [3.63, 3.8) is 0 Å². The first-order valence-electron chi connectivity index (χ1n) is 18.6. The van der Waals surface area contributed by atoms with Gasteiger partial charge in [-0.1, -0.05) is 69.6 Å². The van der Waals surface area contributed by atoms with E-state index < -0.39 is 11.7 Å². The molecule has 0 fully saturated rings. The molecule has 0 bridgehead atoms. The molecule has 0 atom stereocenters. The van der Waals surface area contributed by atoms with Gasteiger partial charge in [0.1, 0.15) is 30.3 Å². The number of amides is 1. The summed E-state index contributed by atoms with van der Waals surface area (Å²) in [6, 6.07) is 6.63. The van der Waals surface area contributed by atoms with Crippen LogP contribution in [0.4, 0.5) is 16.7 Å². The van der Waals surface area contributed by atoms with Gasteiger partial charge >= 0.3 is 6.09 Å². The molecule has 6 aromatic rings. The van der Waals surface area contributed by atoms with Gasteiger partial charge in [0.25, 0.3) is 0 Å². The van der Waals surface area contributed by atoms with Crippen molar-refractivity contribution >= 4 is 87.6 Å². The number of anilines is 2. The monoisotopic (exact) mass is 948 g/mol. The van der Waals surface area contributed by atoms with Crippen LogP contribution in [0.15, 0.2) is 49.1 Å². The van der Waals surface area contributed by atoms with Gasteiger partial charge in [-0.25, -0.2) is 24.7 Å². The lowest BCUT2D eigenvalue weighted by molar-refractivity contribution is 0.0241. The number of hydrogen-bond donors (Lipinski definition) is 3. The molecule has 4 aromatic heterocycles. The van der Waals surface area contributed by atoms with Crippen LogP contribution < -0.4 is 26.3 Å². The smallest absolute Gasteiger partial charge is 0.410 e. The third kappa shape index (κ3) is 10.8. The first-order valence-corrected chi connectivity index (χ1v) is 20.9. The van der Waals surface area contributed by atoms with Crippen molar-refractivity contribution in [2.75, 3.05) is 24.7 Å². The minimum Gasteiger partial charge on any atom is -0.491 e. The highest BCUT2D eigenvalue weighted by atomic mass is 35.5. The molecule has 0 unspecified atom stereocenters. The zero-order chi connectivity index (χ0) is 43.6. The number of nitrogens with two attached hydrogens (primary N) is 2. The van der Waals surface area contributed by atoms with Crippen LogP contribution in [-0.2, 0) is 44.0 Å². The summed E-state index contributed by atoms with van der Waals surface area (Å²) in [5.74, 6) is 1.20. The van der Waals surface area contributed by atoms with Gasteiger partial charge in [-0.2, -0.15) is 10.2 Å². The molecular formula is C39H38Cl6N12O4. The maximum absolute atomic E-state index is 12.7. The summed E-state index contributed by atoms with van der Waals surface area (Å²) in [5.41, 5.74) is 16.7. The molecule has 8 rings (SSSR count). The number of benzene rings is 2. The summed E-state index contributed by atoms with van der Waals surface area (Å²) in [4.78, 5) is 31.7. The normalized spacial score (nSPS) is 13.1. The molecule has 2 aliphatic rings. The van der Waals surface area contributed by atoms with Gasteiger partial charge in [0.15, 0.2) is 0 Å². The second-order valence-corrected chi connectivity index (χ2v) is 17.3. The summed E-state index contributed by atoms with van der Waals surface area (Å²) in [5, 5.41) is 14.3. The first-order chi connectivity index (χ1) is 29.0. The number of halogens is 6. The van der Waals surface area contributed by atoms with Gasteiger partial charge < -0.3 is 31.0 Å². The van der Waals surface area contributed by atoms with Gasteiger partial charge in [-0.15, -0.1) is 0 Å². The van der Waals surface area contributed by atoms with Crippen LogP contribution in [0.1, 0.15) is 43.3 Å². The Bertz CT molecular complexity index is 2600. The Kier molecular flexibility index (Phi) is 13.5. The Morgan fingerprint density at radius 2 is 1.20 bits per heavy atom. The molecule has 16 nitrogen and oxygen atoms in total. The fraction of sp³-hybridized carbons (Fsp3) is 0.308. The van der Waals surface area contributed by atoms with Crippen molar-refractivity contribution in [1.29, 1.82) is 0 Å². The van der Waals surface area contributed by atoms with Crippen molar-refractivity contribution in [3.05, 3.63) is 102 Å². The molecule has 1 amide bonds. The minimum atomic E-state index is -0.626. The number of nitrogen functional groups attached to an aromatic ring is 2. The summed E-state index contributed by atoms with van der Waals surface area (Å²) in [6.07, 6.45) is 6.09. The average Bonchev–Trinajstić information content (AvgIpc) is 3.99. The van der Waals surface area contributed by atoms with E-state index in [9.17, 15) is 4.79 Å². The number of hydrogen-bond acceptors (Lipinski definition) is 13. The molecule has 2 aliphatic heterocycles. The first kappa shape index (κ1) is 44.3. The quantitative estimate of drug-likeness (QED) is 0.118. The Hall–Kier alpha value is -4.81. The Labute approximate surface area is 380 Å². The number of fused-ring (bicyclic) bond motifs is 2. The van der Waals surface area contributed by atoms with Crippen LogP contribution >= 0.6 is 69.6 Å². The molecule has 22 heteroatoms. The van der Waals surface area contributed by atoms with E-state index in [1.807, 2.05) is 20.8 Å². The maximum atomic E-state index is 12.7. The molecule has 5 N–H and O–H groups in total. The van der Waals surface area contributed by atoms with Crippen LogP contribution in [0.2, 0.25) is 30.1 Å². The second kappa shape index (κ2) is 18.7. The Balaban J connectivity index is 0.000000189. The lowest BCUT2D eigenvalue weighted by Gasteiger charge is -2.24. The number of nitrogens with one attached hydrogen (secondary N) is 1. The van der Waals surface area contributed by atoms with Crippen LogP contribution in [0.3, 0.4) is 0 Å². The van der Waals surface area contributed by atoms with E-state index in [0.717, 1.165) is 11.3 Å². The van der Waals surface area contributed by atoms with E-state index in [0.29, 0.717) is 108 Å². The predicted octanol–water partition coefficient (Wildman–Crippen LogP) is 8.78. The molecule has 0 spiro atoms. The topological polar surface area (TPSA) is 199 Å². The van der Waals surface area contributed by atoms with E-state index in [-0.39, 0.29) is 31.6 Å².